The standard InChI is InChI=1S/C12H14N2O2S2/c13-18(15,16)9-10-1-3-12(4-2-10)14-7-11-5-6-17-8-11/h1-6,8,14H,7,9H2,(H2,13,15,16). The number of benzene rings is 1. The van der Waals surface area contributed by atoms with Crippen LogP contribution in [-0.2, 0) is 22.3 Å². The van der Waals surface area contributed by atoms with E-state index in [1.807, 2.05) is 17.5 Å². The second kappa shape index (κ2) is 5.51. The van der Waals surface area contributed by atoms with Gasteiger partial charge in [-0.15, -0.1) is 0 Å². The lowest BCUT2D eigenvalue weighted by molar-refractivity contribution is 0.597. The minimum Gasteiger partial charge on any atom is -0.381 e. The van der Waals surface area contributed by atoms with Crippen LogP contribution in [0, 0.1) is 0 Å². The number of rotatable bonds is 5. The molecule has 6 heteroatoms. The zero-order chi connectivity index (χ0) is 13.0. The van der Waals surface area contributed by atoms with Gasteiger partial charge in [0.1, 0.15) is 0 Å². The van der Waals surface area contributed by atoms with Crippen molar-refractivity contribution in [2.75, 3.05) is 5.32 Å². The largest absolute Gasteiger partial charge is 0.381 e. The Kier molecular flexibility index (Phi) is 4.00. The normalized spacial score (nSPS) is 11.4. The van der Waals surface area contributed by atoms with Crippen molar-refractivity contribution < 1.29 is 8.42 Å². The molecule has 2 rings (SSSR count). The fraction of sp³-hybridized carbons (Fsp3) is 0.167. The Morgan fingerprint density at radius 1 is 1.11 bits per heavy atom. The van der Waals surface area contributed by atoms with Crippen molar-refractivity contribution >= 4 is 27.0 Å². The Hall–Kier alpha value is -1.37. The van der Waals surface area contributed by atoms with Gasteiger partial charge in [0.15, 0.2) is 0 Å². The molecule has 96 valence electrons. The Morgan fingerprint density at radius 2 is 1.83 bits per heavy atom. The molecular formula is C12H14N2O2S2. The van der Waals surface area contributed by atoms with E-state index in [4.69, 9.17) is 5.14 Å². The molecule has 4 nitrogen and oxygen atoms in total. The van der Waals surface area contributed by atoms with Gasteiger partial charge >= 0.3 is 0 Å². The molecule has 0 amide bonds. The summed E-state index contributed by atoms with van der Waals surface area (Å²) in [5.41, 5.74) is 2.88. The summed E-state index contributed by atoms with van der Waals surface area (Å²) in [6, 6.07) is 9.30. The van der Waals surface area contributed by atoms with Crippen molar-refractivity contribution in [2.24, 2.45) is 5.14 Å². The van der Waals surface area contributed by atoms with Crippen LogP contribution >= 0.6 is 11.3 Å². The molecule has 0 spiro atoms. The zero-order valence-electron chi connectivity index (χ0n) is 9.67. The number of thiophene rings is 1. The van der Waals surface area contributed by atoms with Crippen molar-refractivity contribution in [1.29, 1.82) is 0 Å². The predicted octanol–water partition coefficient (Wildman–Crippen LogP) is 2.15. The lowest BCUT2D eigenvalue weighted by Crippen LogP contribution is -2.14. The molecule has 0 unspecified atom stereocenters. The van der Waals surface area contributed by atoms with Gasteiger partial charge in [-0.2, -0.15) is 11.3 Å². The maximum absolute atomic E-state index is 10.9. The second-order valence-electron chi connectivity index (χ2n) is 3.99. The fourth-order valence-electron chi connectivity index (χ4n) is 1.55. The highest BCUT2D eigenvalue weighted by Crippen LogP contribution is 2.13. The topological polar surface area (TPSA) is 72.2 Å². The second-order valence-corrected chi connectivity index (χ2v) is 6.38. The van der Waals surface area contributed by atoms with Gasteiger partial charge in [-0.1, -0.05) is 12.1 Å². The number of hydrogen-bond acceptors (Lipinski definition) is 4. The molecule has 2 aromatic rings. The average Bonchev–Trinajstić information content (AvgIpc) is 2.79. The molecule has 1 aromatic heterocycles. The van der Waals surface area contributed by atoms with Gasteiger partial charge in [0.2, 0.25) is 10.0 Å². The van der Waals surface area contributed by atoms with Gasteiger partial charge in [-0.3, -0.25) is 0 Å². The Balaban J connectivity index is 1.95. The summed E-state index contributed by atoms with van der Waals surface area (Å²) in [6.45, 7) is 0.762. The molecule has 3 N–H and O–H groups in total. The van der Waals surface area contributed by atoms with E-state index in [-0.39, 0.29) is 5.75 Å². The highest BCUT2D eigenvalue weighted by atomic mass is 32.2. The van der Waals surface area contributed by atoms with E-state index in [1.54, 1.807) is 23.5 Å². The van der Waals surface area contributed by atoms with Crippen molar-refractivity contribution in [2.45, 2.75) is 12.3 Å². The van der Waals surface area contributed by atoms with E-state index < -0.39 is 10.0 Å². The molecule has 18 heavy (non-hydrogen) atoms. The van der Waals surface area contributed by atoms with Crippen LogP contribution in [-0.4, -0.2) is 8.42 Å². The molecule has 0 saturated heterocycles. The summed E-state index contributed by atoms with van der Waals surface area (Å²) in [4.78, 5) is 0. The minimum atomic E-state index is -3.46. The highest BCUT2D eigenvalue weighted by molar-refractivity contribution is 7.88. The molecule has 0 aliphatic carbocycles. The molecule has 1 aromatic carbocycles. The lowest BCUT2D eigenvalue weighted by Gasteiger charge is -2.06. The van der Waals surface area contributed by atoms with Crippen LogP contribution in [0.25, 0.3) is 0 Å². The molecule has 0 saturated carbocycles. The van der Waals surface area contributed by atoms with Gasteiger partial charge in [0, 0.05) is 12.2 Å². The molecule has 1 heterocycles. The van der Waals surface area contributed by atoms with Crippen LogP contribution in [0.1, 0.15) is 11.1 Å². The first kappa shape index (κ1) is 13.1. The SMILES string of the molecule is NS(=O)(=O)Cc1ccc(NCc2ccsc2)cc1. The third-order valence-corrected chi connectivity index (χ3v) is 3.87. The van der Waals surface area contributed by atoms with Gasteiger partial charge in [0.25, 0.3) is 0 Å². The van der Waals surface area contributed by atoms with E-state index in [1.165, 1.54) is 5.56 Å². The molecule has 0 bridgehead atoms. The number of nitrogens with one attached hydrogen (secondary N) is 1. The molecule has 0 atom stereocenters. The zero-order valence-corrected chi connectivity index (χ0v) is 11.3. The average molecular weight is 282 g/mol. The van der Waals surface area contributed by atoms with E-state index in [2.05, 4.69) is 16.8 Å². The maximum atomic E-state index is 10.9. The van der Waals surface area contributed by atoms with E-state index in [9.17, 15) is 8.42 Å². The molecule has 0 aliphatic heterocycles. The van der Waals surface area contributed by atoms with E-state index in [0.717, 1.165) is 12.2 Å². The van der Waals surface area contributed by atoms with Crippen LogP contribution in [0.4, 0.5) is 5.69 Å². The third kappa shape index (κ3) is 4.14. The summed E-state index contributed by atoms with van der Waals surface area (Å²) in [5.74, 6) is -0.127. The first-order valence-electron chi connectivity index (χ1n) is 5.37. The number of nitrogens with two attached hydrogens (primary N) is 1. The predicted molar refractivity (Wildman–Crippen MR) is 74.9 cm³/mol. The number of sulfonamides is 1. The fourth-order valence-corrected chi connectivity index (χ4v) is 2.87. The Bertz CT molecular complexity index is 590. The summed E-state index contributed by atoms with van der Waals surface area (Å²) in [5, 5.41) is 12.4. The van der Waals surface area contributed by atoms with Crippen LogP contribution in [0.3, 0.4) is 0 Å². The van der Waals surface area contributed by atoms with E-state index >= 15 is 0 Å². The van der Waals surface area contributed by atoms with Crippen LogP contribution in [0.15, 0.2) is 41.1 Å². The maximum Gasteiger partial charge on any atom is 0.213 e. The van der Waals surface area contributed by atoms with Crippen molar-refractivity contribution in [3.63, 3.8) is 0 Å². The summed E-state index contributed by atoms with van der Waals surface area (Å²) in [7, 11) is -3.46. The lowest BCUT2D eigenvalue weighted by atomic mass is 10.2. The molecule has 0 aliphatic rings. The molecule has 0 radical (unpaired) electrons. The summed E-state index contributed by atoms with van der Waals surface area (Å²) in [6.07, 6.45) is 0. The van der Waals surface area contributed by atoms with Crippen molar-refractivity contribution in [3.8, 4) is 0 Å². The minimum absolute atomic E-state index is 0.127. The summed E-state index contributed by atoms with van der Waals surface area (Å²) < 4.78 is 21.9. The first-order valence-corrected chi connectivity index (χ1v) is 8.03. The number of hydrogen-bond donors (Lipinski definition) is 2. The molecule has 0 fully saturated rings. The van der Waals surface area contributed by atoms with Crippen LogP contribution in [0.2, 0.25) is 0 Å². The first-order chi connectivity index (χ1) is 8.53. The van der Waals surface area contributed by atoms with Crippen molar-refractivity contribution in [3.05, 3.63) is 52.2 Å². The van der Waals surface area contributed by atoms with Crippen LogP contribution < -0.4 is 10.5 Å². The number of anilines is 1. The van der Waals surface area contributed by atoms with Gasteiger partial charge in [-0.25, -0.2) is 13.6 Å². The smallest absolute Gasteiger partial charge is 0.213 e. The quantitative estimate of drug-likeness (QED) is 0.882. The van der Waals surface area contributed by atoms with Crippen LogP contribution in [0.5, 0.6) is 0 Å². The van der Waals surface area contributed by atoms with Gasteiger partial charge in [-0.05, 0) is 40.1 Å². The van der Waals surface area contributed by atoms with Gasteiger partial charge < -0.3 is 5.32 Å². The Morgan fingerprint density at radius 3 is 2.39 bits per heavy atom. The number of primary sulfonamides is 1. The molecular weight excluding hydrogens is 268 g/mol. The highest BCUT2D eigenvalue weighted by Gasteiger charge is 2.04. The van der Waals surface area contributed by atoms with Crippen molar-refractivity contribution in [1.82, 2.24) is 0 Å². The Labute approximate surface area is 111 Å². The monoisotopic (exact) mass is 282 g/mol. The third-order valence-electron chi connectivity index (χ3n) is 2.40. The summed E-state index contributed by atoms with van der Waals surface area (Å²) >= 11 is 1.66. The van der Waals surface area contributed by atoms with Gasteiger partial charge in [0.05, 0.1) is 5.75 Å². The van der Waals surface area contributed by atoms with E-state index in [0.29, 0.717) is 5.56 Å².